The highest BCUT2D eigenvalue weighted by molar-refractivity contribution is 5.95. The first-order chi connectivity index (χ1) is 17.1. The molecule has 35 heavy (non-hydrogen) atoms. The minimum absolute atomic E-state index is 0.238. The fraction of sp³-hybridized carbons (Fsp3) is 0.393. The van der Waals surface area contributed by atoms with Crippen molar-refractivity contribution < 1.29 is 9.47 Å². The van der Waals surface area contributed by atoms with Gasteiger partial charge >= 0.3 is 0 Å². The van der Waals surface area contributed by atoms with Crippen LogP contribution in [-0.4, -0.2) is 29.5 Å². The topological polar surface area (TPSA) is 109 Å². The molecule has 5 rings (SSSR count). The zero-order chi connectivity index (χ0) is 24.4. The lowest BCUT2D eigenvalue weighted by atomic mass is 9.92. The molecule has 2 saturated carbocycles. The molecule has 7 heteroatoms. The predicted octanol–water partition coefficient (Wildman–Crippen LogP) is 5.82. The summed E-state index contributed by atoms with van der Waals surface area (Å²) in [7, 11) is 0. The lowest BCUT2D eigenvalue weighted by Crippen LogP contribution is -2.18. The number of nitrogens with two attached hydrogens (primary N) is 1. The molecule has 3 N–H and O–H groups in total. The molecule has 0 saturated heterocycles. The van der Waals surface area contributed by atoms with E-state index < -0.39 is 0 Å². The number of nitriles is 1. The molecule has 2 fully saturated rings. The first-order valence-electron chi connectivity index (χ1n) is 12.4. The van der Waals surface area contributed by atoms with Crippen LogP contribution in [0.1, 0.15) is 57.1 Å². The van der Waals surface area contributed by atoms with Crippen molar-refractivity contribution in [3.63, 3.8) is 0 Å². The van der Waals surface area contributed by atoms with Crippen molar-refractivity contribution in [1.82, 2.24) is 4.57 Å². The normalized spacial score (nSPS) is 17.0. The fourth-order valence-electron chi connectivity index (χ4n) is 4.79. The van der Waals surface area contributed by atoms with E-state index in [1.807, 2.05) is 30.3 Å². The van der Waals surface area contributed by atoms with E-state index in [9.17, 15) is 5.26 Å². The summed E-state index contributed by atoms with van der Waals surface area (Å²) < 4.78 is 14.4. The lowest BCUT2D eigenvalue weighted by Gasteiger charge is -2.30. The average molecular weight is 470 g/mol. The molecule has 180 valence electrons. The van der Waals surface area contributed by atoms with E-state index in [1.165, 1.54) is 19.3 Å². The van der Waals surface area contributed by atoms with Gasteiger partial charge in [-0.1, -0.05) is 0 Å². The van der Waals surface area contributed by atoms with Gasteiger partial charge in [0.05, 0.1) is 29.5 Å². The minimum atomic E-state index is 0.238. The maximum atomic E-state index is 10.2. The van der Waals surface area contributed by atoms with Gasteiger partial charge < -0.3 is 19.8 Å². The quantitative estimate of drug-likeness (QED) is 0.288. The van der Waals surface area contributed by atoms with Crippen molar-refractivity contribution in [1.29, 1.82) is 10.7 Å². The molecule has 0 spiro atoms. The number of amidine groups is 1. The highest BCUT2D eigenvalue weighted by Gasteiger charge is 2.30. The smallest absolute Gasteiger partial charge is 0.121 e. The van der Waals surface area contributed by atoms with Gasteiger partial charge in [0, 0.05) is 23.9 Å². The van der Waals surface area contributed by atoms with Crippen LogP contribution >= 0.6 is 0 Å². The summed E-state index contributed by atoms with van der Waals surface area (Å²) in [5, 5.41) is 18.1. The molecule has 0 bridgehead atoms. The molecular weight excluding hydrogens is 438 g/mol. The van der Waals surface area contributed by atoms with Crippen LogP contribution in [0, 0.1) is 22.7 Å². The number of fused-ring (bicyclic) bond motifs is 1. The van der Waals surface area contributed by atoms with Crippen LogP contribution in [-0.2, 0) is 0 Å². The number of nitrogens with zero attached hydrogens (tertiary/aromatic N) is 3. The molecule has 1 atom stereocenters. The largest absolute Gasteiger partial charge is 0.493 e. The highest BCUT2D eigenvalue weighted by atomic mass is 16.5. The van der Waals surface area contributed by atoms with E-state index in [2.05, 4.69) is 34.7 Å². The predicted molar refractivity (Wildman–Crippen MR) is 138 cm³/mol. The summed E-state index contributed by atoms with van der Waals surface area (Å²) in [5.41, 5.74) is 9.46. The molecule has 2 aliphatic carbocycles. The Kier molecular flexibility index (Phi) is 6.45. The van der Waals surface area contributed by atoms with E-state index in [-0.39, 0.29) is 6.10 Å². The summed E-state index contributed by atoms with van der Waals surface area (Å²) in [4.78, 5) is 3.76. The number of hydrogen-bond donors (Lipinski definition) is 2. The number of aliphatic imine (C=N–C) groups is 1. The summed E-state index contributed by atoms with van der Waals surface area (Å²) in [5.74, 6) is 2.65. The van der Waals surface area contributed by atoms with Gasteiger partial charge in [-0.25, -0.2) is 4.99 Å². The van der Waals surface area contributed by atoms with Gasteiger partial charge in [-0.3, -0.25) is 5.41 Å². The van der Waals surface area contributed by atoms with Crippen molar-refractivity contribution in [2.45, 2.75) is 57.6 Å². The van der Waals surface area contributed by atoms with Crippen molar-refractivity contribution in [2.24, 2.45) is 16.6 Å². The Hall–Kier alpha value is -3.79. The van der Waals surface area contributed by atoms with Gasteiger partial charge in [-0.05, 0) is 86.9 Å². The Balaban J connectivity index is 1.48. The minimum Gasteiger partial charge on any atom is -0.493 e. The molecule has 0 amide bonds. The molecular formula is C28H31N5O2. The Morgan fingerprint density at radius 3 is 2.57 bits per heavy atom. The summed E-state index contributed by atoms with van der Waals surface area (Å²) >= 11 is 0. The van der Waals surface area contributed by atoms with Crippen molar-refractivity contribution in [3.8, 4) is 28.8 Å². The van der Waals surface area contributed by atoms with Crippen molar-refractivity contribution in [3.05, 3.63) is 48.0 Å². The van der Waals surface area contributed by atoms with Crippen LogP contribution in [0.5, 0.6) is 11.5 Å². The van der Waals surface area contributed by atoms with Crippen LogP contribution in [0.25, 0.3) is 22.2 Å². The number of rotatable bonds is 10. The summed E-state index contributed by atoms with van der Waals surface area (Å²) in [6, 6.07) is 16.9. The molecule has 1 heterocycles. The van der Waals surface area contributed by atoms with Crippen LogP contribution in [0.2, 0.25) is 0 Å². The Morgan fingerprint density at radius 1 is 1.20 bits per heavy atom. The van der Waals surface area contributed by atoms with Gasteiger partial charge in [0.2, 0.25) is 0 Å². The average Bonchev–Trinajstić information content (AvgIpc) is 3.63. The summed E-state index contributed by atoms with van der Waals surface area (Å²) in [6.45, 7) is 2.51. The zero-order valence-corrected chi connectivity index (χ0v) is 20.0. The Bertz CT molecular complexity index is 1290. The fourth-order valence-corrected chi connectivity index (χ4v) is 4.79. The highest BCUT2D eigenvalue weighted by Crippen LogP contribution is 2.43. The second kappa shape index (κ2) is 9.83. The third kappa shape index (κ3) is 4.74. The number of aromatic nitrogens is 1. The number of ether oxygens (including phenoxy) is 2. The van der Waals surface area contributed by atoms with E-state index >= 15 is 0 Å². The second-order valence-electron chi connectivity index (χ2n) is 9.50. The van der Waals surface area contributed by atoms with E-state index in [0.29, 0.717) is 36.4 Å². The molecule has 1 aromatic heterocycles. The van der Waals surface area contributed by atoms with Gasteiger partial charge in [0.1, 0.15) is 29.7 Å². The van der Waals surface area contributed by atoms with Crippen molar-refractivity contribution in [2.75, 3.05) is 6.61 Å². The van der Waals surface area contributed by atoms with Crippen LogP contribution in [0.15, 0.2) is 47.5 Å². The third-order valence-electron chi connectivity index (χ3n) is 7.12. The molecule has 2 aromatic carbocycles. The lowest BCUT2D eigenvalue weighted by molar-refractivity contribution is 0.198. The maximum Gasteiger partial charge on any atom is 0.121 e. The van der Waals surface area contributed by atoms with Crippen LogP contribution < -0.4 is 15.2 Å². The summed E-state index contributed by atoms with van der Waals surface area (Å²) in [6.07, 6.45) is 7.52. The molecule has 7 nitrogen and oxygen atoms in total. The van der Waals surface area contributed by atoms with E-state index in [0.717, 1.165) is 52.8 Å². The molecule has 2 aliphatic rings. The number of benzene rings is 2. The van der Waals surface area contributed by atoms with Crippen LogP contribution in [0.3, 0.4) is 0 Å². The number of hydrogen-bond acceptors (Lipinski definition) is 4. The Morgan fingerprint density at radius 2 is 1.94 bits per heavy atom. The third-order valence-corrected chi connectivity index (χ3v) is 7.12. The zero-order valence-electron chi connectivity index (χ0n) is 20.0. The van der Waals surface area contributed by atoms with Crippen molar-refractivity contribution >= 4 is 23.1 Å². The SMILES string of the molecule is CC(Oc1ccc(-c2c(C#N)c3ccc(OCCC(N)=NC=N)cc3n2C2CCC2)cc1)C1CC1. The Labute approximate surface area is 205 Å². The standard InChI is InChI=1S/C28H31N5O2/c1-18(19-5-6-19)35-22-9-7-20(8-10-22)28-25(16-29)24-12-11-23(34-14-13-27(31)32-17-30)15-26(24)33(28)21-3-2-4-21/h7-12,15,17-19,21H,2-6,13-14H2,1H3,(H3,30,31,32). The molecule has 3 aromatic rings. The van der Waals surface area contributed by atoms with Gasteiger partial charge in [-0.15, -0.1) is 0 Å². The van der Waals surface area contributed by atoms with Crippen LogP contribution in [0.4, 0.5) is 0 Å². The molecule has 0 aliphatic heterocycles. The first-order valence-corrected chi connectivity index (χ1v) is 12.4. The second-order valence-corrected chi connectivity index (χ2v) is 9.50. The van der Waals surface area contributed by atoms with Gasteiger partial charge in [-0.2, -0.15) is 5.26 Å². The maximum absolute atomic E-state index is 10.2. The monoisotopic (exact) mass is 469 g/mol. The van der Waals surface area contributed by atoms with E-state index in [4.69, 9.17) is 20.6 Å². The van der Waals surface area contributed by atoms with Gasteiger partial charge in [0.25, 0.3) is 0 Å². The van der Waals surface area contributed by atoms with E-state index in [1.54, 1.807) is 0 Å². The number of nitrogens with one attached hydrogen (secondary N) is 1. The molecule has 1 unspecified atom stereocenters. The molecule has 0 radical (unpaired) electrons. The van der Waals surface area contributed by atoms with Gasteiger partial charge in [0.15, 0.2) is 0 Å². The first kappa shape index (κ1) is 23.0.